The van der Waals surface area contributed by atoms with Gasteiger partial charge in [-0.25, -0.2) is 0 Å². The number of carbonyl (C=O) groups is 1. The molecule has 2 bridgehead atoms. The van der Waals surface area contributed by atoms with E-state index in [2.05, 4.69) is 46.0 Å². The van der Waals surface area contributed by atoms with Crippen LogP contribution in [0.15, 0.2) is 12.2 Å². The lowest BCUT2D eigenvalue weighted by atomic mass is 9.84. The van der Waals surface area contributed by atoms with Crippen LogP contribution >= 0.6 is 0 Å². The lowest BCUT2D eigenvalue weighted by Crippen LogP contribution is -2.48. The second kappa shape index (κ2) is 7.71. The maximum Gasteiger partial charge on any atom is 0.303 e. The van der Waals surface area contributed by atoms with Crippen LogP contribution in [0, 0.1) is 5.92 Å². The number of aliphatic carboxylic acids is 1. The zero-order valence-electron chi connectivity index (χ0n) is 15.9. The number of hydrogen-bond donors (Lipinski definition) is 1. The van der Waals surface area contributed by atoms with Gasteiger partial charge in [0.15, 0.2) is 8.32 Å². The molecule has 24 heavy (non-hydrogen) atoms. The van der Waals surface area contributed by atoms with E-state index >= 15 is 0 Å². The number of unbranched alkanes of at least 4 members (excludes halogenated alkanes) is 1. The minimum Gasteiger partial charge on any atom is -0.481 e. The number of hydrogen-bond acceptors (Lipinski definition) is 3. The minimum absolute atomic E-state index is 0.214. The number of carboxylic acid groups (broad SMARTS) is 1. The van der Waals surface area contributed by atoms with Gasteiger partial charge in [0.2, 0.25) is 0 Å². The van der Waals surface area contributed by atoms with Gasteiger partial charge in [-0.2, -0.15) is 0 Å². The second-order valence-corrected chi connectivity index (χ2v) is 13.5. The summed E-state index contributed by atoms with van der Waals surface area (Å²) in [6, 6.07) is 0. The van der Waals surface area contributed by atoms with E-state index in [4.69, 9.17) is 14.3 Å². The molecule has 2 aliphatic heterocycles. The fraction of sp³-hybridized carbons (Fsp3) is 0.842. The molecule has 2 rings (SSSR count). The summed E-state index contributed by atoms with van der Waals surface area (Å²) in [5, 5.41) is 8.88. The molecule has 1 N–H and O–H groups in total. The molecule has 4 atom stereocenters. The summed E-state index contributed by atoms with van der Waals surface area (Å²) >= 11 is 0. The molecular formula is C19H34O4Si. The van der Waals surface area contributed by atoms with E-state index in [0.717, 1.165) is 25.7 Å². The molecule has 0 saturated carbocycles. The fourth-order valence-corrected chi connectivity index (χ4v) is 4.80. The van der Waals surface area contributed by atoms with Gasteiger partial charge < -0.3 is 14.3 Å². The highest BCUT2D eigenvalue weighted by Gasteiger charge is 2.52. The number of ether oxygens (including phenoxy) is 1. The molecular weight excluding hydrogens is 320 g/mol. The van der Waals surface area contributed by atoms with E-state index in [0.29, 0.717) is 18.4 Å². The smallest absolute Gasteiger partial charge is 0.303 e. The van der Waals surface area contributed by atoms with E-state index in [-0.39, 0.29) is 23.7 Å². The highest BCUT2D eigenvalue weighted by Crippen LogP contribution is 2.46. The maximum absolute atomic E-state index is 10.5. The average Bonchev–Trinajstić information content (AvgIpc) is 3.03. The van der Waals surface area contributed by atoms with Gasteiger partial charge in [0.25, 0.3) is 0 Å². The molecule has 4 nitrogen and oxygen atoms in total. The lowest BCUT2D eigenvalue weighted by molar-refractivity contribution is -0.137. The first-order chi connectivity index (χ1) is 11.1. The van der Waals surface area contributed by atoms with Gasteiger partial charge in [-0.05, 0) is 50.2 Å². The van der Waals surface area contributed by atoms with Crippen LogP contribution < -0.4 is 0 Å². The van der Waals surface area contributed by atoms with Crippen LogP contribution in [0.3, 0.4) is 0 Å². The molecule has 2 fully saturated rings. The third kappa shape index (κ3) is 4.70. The Balaban J connectivity index is 1.90. The molecule has 2 aliphatic rings. The van der Waals surface area contributed by atoms with Crippen LogP contribution in [0.25, 0.3) is 0 Å². The normalized spacial score (nSPS) is 30.4. The molecule has 138 valence electrons. The summed E-state index contributed by atoms with van der Waals surface area (Å²) in [5.74, 6) is -0.263. The number of allylic oxidation sites excluding steroid dienone is 2. The SMILES string of the molecule is CC(C)(C)[Si](C)(C)O[C@H]1[C@@H](C/C=C\CCCC(=O)O)[C@@H]2CC[C@H]1O2. The highest BCUT2D eigenvalue weighted by atomic mass is 28.4. The predicted octanol–water partition coefficient (Wildman–Crippen LogP) is 4.76. The van der Waals surface area contributed by atoms with Crippen molar-refractivity contribution in [3.63, 3.8) is 0 Å². The van der Waals surface area contributed by atoms with Crippen LogP contribution in [-0.2, 0) is 14.0 Å². The first-order valence-electron chi connectivity index (χ1n) is 9.32. The molecule has 0 amide bonds. The standard InChI is InChI=1S/C19H34O4Si/c1-19(2,3)24(4,5)23-18-14(15-12-13-16(18)22-15)10-8-6-7-9-11-17(20)21/h6,8,14-16,18H,7,9-13H2,1-5H3,(H,20,21)/b8-6-/t14-,15-,16+,18-/m0/s1. The summed E-state index contributed by atoms with van der Waals surface area (Å²) in [5.41, 5.74) is 0. The molecule has 0 aliphatic carbocycles. The largest absolute Gasteiger partial charge is 0.481 e. The van der Waals surface area contributed by atoms with Crippen molar-refractivity contribution in [1.82, 2.24) is 0 Å². The summed E-state index contributed by atoms with van der Waals surface area (Å²) in [7, 11) is -1.79. The van der Waals surface area contributed by atoms with Crippen LogP contribution in [-0.4, -0.2) is 37.7 Å². The Morgan fingerprint density at radius 3 is 2.54 bits per heavy atom. The monoisotopic (exact) mass is 354 g/mol. The van der Waals surface area contributed by atoms with E-state index in [9.17, 15) is 4.79 Å². The van der Waals surface area contributed by atoms with Gasteiger partial charge in [-0.1, -0.05) is 32.9 Å². The van der Waals surface area contributed by atoms with Gasteiger partial charge in [-0.3, -0.25) is 4.79 Å². The molecule has 0 aromatic carbocycles. The Labute approximate surface area is 147 Å². The van der Waals surface area contributed by atoms with Crippen LogP contribution in [0.2, 0.25) is 18.1 Å². The van der Waals surface area contributed by atoms with Crippen molar-refractivity contribution in [2.24, 2.45) is 5.92 Å². The number of rotatable bonds is 8. The zero-order valence-corrected chi connectivity index (χ0v) is 16.9. The average molecular weight is 355 g/mol. The van der Waals surface area contributed by atoms with E-state index < -0.39 is 14.3 Å². The van der Waals surface area contributed by atoms with Crippen LogP contribution in [0.5, 0.6) is 0 Å². The first kappa shape index (κ1) is 19.7. The lowest BCUT2D eigenvalue weighted by Gasteiger charge is -2.41. The van der Waals surface area contributed by atoms with Crippen molar-refractivity contribution in [3.8, 4) is 0 Å². The van der Waals surface area contributed by atoms with Crippen molar-refractivity contribution < 1.29 is 19.1 Å². The summed E-state index contributed by atoms with van der Waals surface area (Å²) in [6.45, 7) is 11.5. The minimum atomic E-state index is -1.79. The van der Waals surface area contributed by atoms with Crippen molar-refractivity contribution >= 4 is 14.3 Å². The fourth-order valence-electron chi connectivity index (χ4n) is 3.44. The molecule has 0 radical (unpaired) electrons. The molecule has 0 unspecified atom stereocenters. The Bertz CT molecular complexity index is 466. The van der Waals surface area contributed by atoms with Crippen molar-refractivity contribution in [2.75, 3.05) is 0 Å². The summed E-state index contributed by atoms with van der Waals surface area (Å²) in [4.78, 5) is 10.5. The van der Waals surface area contributed by atoms with Crippen molar-refractivity contribution in [3.05, 3.63) is 12.2 Å². The number of fused-ring (bicyclic) bond motifs is 2. The van der Waals surface area contributed by atoms with Gasteiger partial charge in [0, 0.05) is 12.3 Å². The van der Waals surface area contributed by atoms with E-state index in [1.807, 2.05) is 0 Å². The Kier molecular flexibility index (Phi) is 6.32. The van der Waals surface area contributed by atoms with Gasteiger partial charge in [0.05, 0.1) is 18.3 Å². The molecule has 2 heterocycles. The molecule has 2 saturated heterocycles. The third-order valence-electron chi connectivity index (χ3n) is 5.92. The Morgan fingerprint density at radius 2 is 1.92 bits per heavy atom. The topological polar surface area (TPSA) is 55.8 Å². The first-order valence-corrected chi connectivity index (χ1v) is 12.2. The van der Waals surface area contributed by atoms with Crippen molar-refractivity contribution in [2.45, 2.75) is 95.7 Å². The molecule has 0 spiro atoms. The quantitative estimate of drug-likeness (QED) is 0.388. The maximum atomic E-state index is 10.5. The Hall–Kier alpha value is -0.653. The van der Waals surface area contributed by atoms with E-state index in [1.54, 1.807) is 0 Å². The van der Waals surface area contributed by atoms with E-state index in [1.165, 1.54) is 0 Å². The van der Waals surface area contributed by atoms with Crippen LogP contribution in [0.1, 0.15) is 59.3 Å². The number of carboxylic acids is 1. The highest BCUT2D eigenvalue weighted by molar-refractivity contribution is 6.74. The molecule has 5 heteroatoms. The van der Waals surface area contributed by atoms with Gasteiger partial charge in [0.1, 0.15) is 0 Å². The second-order valence-electron chi connectivity index (χ2n) is 8.79. The summed E-state index contributed by atoms with van der Waals surface area (Å²) in [6.07, 6.45) is 10.2. The summed E-state index contributed by atoms with van der Waals surface area (Å²) < 4.78 is 12.9. The predicted molar refractivity (Wildman–Crippen MR) is 98.7 cm³/mol. The van der Waals surface area contributed by atoms with Gasteiger partial charge in [-0.15, -0.1) is 0 Å². The third-order valence-corrected chi connectivity index (χ3v) is 10.4. The molecule has 0 aromatic heterocycles. The van der Waals surface area contributed by atoms with Crippen LogP contribution in [0.4, 0.5) is 0 Å². The zero-order chi connectivity index (χ0) is 18.0. The van der Waals surface area contributed by atoms with Crippen molar-refractivity contribution in [1.29, 1.82) is 0 Å². The Morgan fingerprint density at radius 1 is 1.25 bits per heavy atom. The molecule has 0 aromatic rings. The van der Waals surface area contributed by atoms with Gasteiger partial charge >= 0.3 is 5.97 Å².